The van der Waals surface area contributed by atoms with Gasteiger partial charge in [0.1, 0.15) is 17.9 Å². The number of ether oxygens (including phenoxy) is 2. The van der Waals surface area contributed by atoms with Crippen molar-refractivity contribution in [3.05, 3.63) is 30.1 Å². The maximum Gasteiger partial charge on any atom is 0.152 e. The monoisotopic (exact) mass is 400 g/mol. The van der Waals surface area contributed by atoms with E-state index in [1.54, 1.807) is 7.11 Å². The normalized spacial score (nSPS) is 11.7. The van der Waals surface area contributed by atoms with E-state index in [1.807, 2.05) is 31.2 Å². The number of unbranched alkanes of at least 4 members (excludes halogenated alkanes) is 2. The van der Waals surface area contributed by atoms with E-state index in [0.29, 0.717) is 25.6 Å². The fraction of sp³-hybridized carbons (Fsp3) is 0.565. The number of nitrogen functional groups attached to an aromatic ring is 1. The molecule has 0 fully saturated rings. The molecule has 0 unspecified atom stereocenters. The molecule has 6 heteroatoms. The summed E-state index contributed by atoms with van der Waals surface area (Å²) in [7, 11) is 1.72. The first kappa shape index (κ1) is 23.1. The predicted molar refractivity (Wildman–Crippen MR) is 121 cm³/mol. The van der Waals surface area contributed by atoms with Gasteiger partial charge < -0.3 is 19.8 Å². The Kier molecular flexibility index (Phi) is 8.41. The molecule has 3 aromatic rings. The van der Waals surface area contributed by atoms with E-state index in [2.05, 4.69) is 37.2 Å². The van der Waals surface area contributed by atoms with E-state index in [-0.39, 0.29) is 5.60 Å². The number of benzene rings is 1. The van der Waals surface area contributed by atoms with Gasteiger partial charge in [0.15, 0.2) is 5.82 Å². The molecule has 0 amide bonds. The number of nitrogens with zero attached hydrogens (tertiary/aromatic N) is 3. The first-order valence-corrected chi connectivity index (χ1v) is 10.5. The van der Waals surface area contributed by atoms with Crippen molar-refractivity contribution >= 4 is 27.8 Å². The molecule has 2 aromatic heterocycles. The van der Waals surface area contributed by atoms with Crippen molar-refractivity contribution in [2.45, 2.75) is 72.6 Å². The molecule has 6 nitrogen and oxygen atoms in total. The van der Waals surface area contributed by atoms with Gasteiger partial charge in [0.05, 0.1) is 23.2 Å². The van der Waals surface area contributed by atoms with Crippen molar-refractivity contribution in [2.24, 2.45) is 0 Å². The third kappa shape index (κ3) is 5.67. The highest BCUT2D eigenvalue weighted by Crippen LogP contribution is 2.30. The Balaban J connectivity index is 0.000000537. The van der Waals surface area contributed by atoms with Crippen molar-refractivity contribution in [1.29, 1.82) is 0 Å². The summed E-state index contributed by atoms with van der Waals surface area (Å²) in [4.78, 5) is 9.20. The summed E-state index contributed by atoms with van der Waals surface area (Å²) < 4.78 is 13.4. The van der Waals surface area contributed by atoms with Gasteiger partial charge in [-0.15, -0.1) is 0 Å². The Hall–Kier alpha value is -2.18. The number of rotatable bonds is 8. The van der Waals surface area contributed by atoms with Crippen LogP contribution in [-0.2, 0) is 22.6 Å². The quantitative estimate of drug-likeness (QED) is 0.553. The van der Waals surface area contributed by atoms with E-state index >= 15 is 0 Å². The average molecular weight is 401 g/mol. The second-order valence-electron chi connectivity index (χ2n) is 7.78. The summed E-state index contributed by atoms with van der Waals surface area (Å²) >= 11 is 0. The number of hydrogen-bond donors (Lipinski definition) is 1. The Labute approximate surface area is 174 Å². The standard InChI is InChI=1S/C18H24N4O2.C5H12/c1-5-24-10-14-21-15-16(22(14)11-18(2,3)23-4)12-8-6-7-9-13(12)20-17(15)19;1-3-5-4-2/h6-9H,5,10-11H2,1-4H3,(H2,19,20);3-5H2,1-2H3. The van der Waals surface area contributed by atoms with Crippen LogP contribution in [0.3, 0.4) is 0 Å². The number of fused-ring (bicyclic) bond motifs is 3. The SMILES string of the molecule is CCCCC.CCOCc1nc2c(N)nc3ccccc3c2n1CC(C)(C)OC. The second-order valence-corrected chi connectivity index (χ2v) is 7.78. The predicted octanol–water partition coefficient (Wildman–Crippen LogP) is 5.32. The summed E-state index contributed by atoms with van der Waals surface area (Å²) in [5.74, 6) is 1.28. The molecule has 0 saturated carbocycles. The molecule has 0 aliphatic carbocycles. The van der Waals surface area contributed by atoms with Gasteiger partial charge >= 0.3 is 0 Å². The number of pyridine rings is 1. The number of aromatic nitrogens is 3. The van der Waals surface area contributed by atoms with Gasteiger partial charge in [0.2, 0.25) is 0 Å². The van der Waals surface area contributed by atoms with E-state index < -0.39 is 0 Å². The smallest absolute Gasteiger partial charge is 0.152 e. The topological polar surface area (TPSA) is 75.2 Å². The largest absolute Gasteiger partial charge is 0.382 e. The molecule has 0 bridgehead atoms. The van der Waals surface area contributed by atoms with Crippen molar-refractivity contribution in [3.63, 3.8) is 0 Å². The fourth-order valence-electron chi connectivity index (χ4n) is 3.18. The molecule has 160 valence electrons. The Morgan fingerprint density at radius 1 is 1.07 bits per heavy atom. The molecular formula is C23H36N4O2. The van der Waals surface area contributed by atoms with Gasteiger partial charge in [-0.25, -0.2) is 9.97 Å². The van der Waals surface area contributed by atoms with Crippen LogP contribution in [0.15, 0.2) is 24.3 Å². The molecule has 2 heterocycles. The zero-order valence-electron chi connectivity index (χ0n) is 18.8. The molecule has 0 radical (unpaired) electrons. The Morgan fingerprint density at radius 3 is 2.34 bits per heavy atom. The van der Waals surface area contributed by atoms with E-state index in [0.717, 1.165) is 27.8 Å². The lowest BCUT2D eigenvalue weighted by Crippen LogP contribution is -2.30. The third-order valence-electron chi connectivity index (χ3n) is 4.92. The minimum Gasteiger partial charge on any atom is -0.382 e. The molecule has 0 aliphatic rings. The number of hydrogen-bond acceptors (Lipinski definition) is 5. The van der Waals surface area contributed by atoms with Crippen LogP contribution in [0.5, 0.6) is 0 Å². The minimum atomic E-state index is -0.340. The van der Waals surface area contributed by atoms with Crippen LogP contribution in [0.1, 0.15) is 59.7 Å². The molecule has 3 rings (SSSR count). The maximum atomic E-state index is 6.17. The molecule has 0 aliphatic heterocycles. The number of anilines is 1. The van der Waals surface area contributed by atoms with E-state index in [1.165, 1.54) is 19.3 Å². The zero-order valence-corrected chi connectivity index (χ0v) is 18.8. The van der Waals surface area contributed by atoms with Crippen LogP contribution in [-0.4, -0.2) is 33.9 Å². The third-order valence-corrected chi connectivity index (χ3v) is 4.92. The van der Waals surface area contributed by atoms with Crippen LogP contribution in [0.4, 0.5) is 5.82 Å². The highest BCUT2D eigenvalue weighted by Gasteiger charge is 2.24. The minimum absolute atomic E-state index is 0.340. The van der Waals surface area contributed by atoms with Crippen molar-refractivity contribution < 1.29 is 9.47 Å². The molecule has 1 aromatic carbocycles. The summed E-state index contributed by atoms with van der Waals surface area (Å²) in [6.45, 7) is 12.2. The van der Waals surface area contributed by atoms with Crippen LogP contribution in [0.25, 0.3) is 21.9 Å². The van der Waals surface area contributed by atoms with Gasteiger partial charge in [0, 0.05) is 19.1 Å². The van der Waals surface area contributed by atoms with Crippen molar-refractivity contribution in [2.75, 3.05) is 19.5 Å². The number of para-hydroxylation sites is 1. The number of nitrogens with two attached hydrogens (primary N) is 1. The molecule has 0 spiro atoms. The fourth-order valence-corrected chi connectivity index (χ4v) is 3.18. The summed E-state index contributed by atoms with van der Waals surface area (Å²) in [6, 6.07) is 7.97. The van der Waals surface area contributed by atoms with Gasteiger partial charge in [-0.1, -0.05) is 51.3 Å². The summed E-state index contributed by atoms with van der Waals surface area (Å²) in [5, 5.41) is 1.03. The van der Waals surface area contributed by atoms with Crippen LogP contribution in [0.2, 0.25) is 0 Å². The van der Waals surface area contributed by atoms with Crippen molar-refractivity contribution in [1.82, 2.24) is 14.5 Å². The zero-order chi connectivity index (χ0) is 21.4. The first-order chi connectivity index (χ1) is 13.9. The van der Waals surface area contributed by atoms with Gasteiger partial charge in [-0.3, -0.25) is 0 Å². The highest BCUT2D eigenvalue weighted by molar-refractivity contribution is 6.06. The molecule has 29 heavy (non-hydrogen) atoms. The summed E-state index contributed by atoms with van der Waals surface area (Å²) in [6.07, 6.45) is 4.08. The number of imidazole rings is 1. The number of methoxy groups -OCH3 is 1. The molecule has 0 saturated heterocycles. The highest BCUT2D eigenvalue weighted by atomic mass is 16.5. The van der Waals surface area contributed by atoms with E-state index in [9.17, 15) is 0 Å². The van der Waals surface area contributed by atoms with Crippen LogP contribution in [0, 0.1) is 0 Å². The lowest BCUT2D eigenvalue weighted by Gasteiger charge is -2.25. The Bertz CT molecular complexity index is 916. The van der Waals surface area contributed by atoms with Crippen molar-refractivity contribution in [3.8, 4) is 0 Å². The molecule has 0 atom stereocenters. The molecular weight excluding hydrogens is 364 g/mol. The Morgan fingerprint density at radius 2 is 1.76 bits per heavy atom. The van der Waals surface area contributed by atoms with Gasteiger partial charge in [-0.2, -0.15) is 0 Å². The second kappa shape index (κ2) is 10.6. The van der Waals surface area contributed by atoms with Crippen LogP contribution >= 0.6 is 0 Å². The summed E-state index contributed by atoms with van der Waals surface area (Å²) in [5.41, 5.74) is 8.40. The maximum absolute atomic E-state index is 6.17. The lowest BCUT2D eigenvalue weighted by atomic mass is 10.1. The van der Waals surface area contributed by atoms with Gasteiger partial charge in [0.25, 0.3) is 0 Å². The first-order valence-electron chi connectivity index (χ1n) is 10.5. The lowest BCUT2D eigenvalue weighted by molar-refractivity contribution is 0.00706. The van der Waals surface area contributed by atoms with E-state index in [4.69, 9.17) is 20.2 Å². The molecule has 2 N–H and O–H groups in total. The van der Waals surface area contributed by atoms with Gasteiger partial charge in [-0.05, 0) is 26.8 Å². The van der Waals surface area contributed by atoms with Crippen LogP contribution < -0.4 is 5.73 Å². The average Bonchev–Trinajstić information content (AvgIpc) is 3.06.